The molecule has 0 saturated heterocycles. The van der Waals surface area contributed by atoms with Crippen molar-refractivity contribution in [3.63, 3.8) is 0 Å². The number of hydrogen-bond donors (Lipinski definition) is 0. The van der Waals surface area contributed by atoms with Crippen LogP contribution in [0.5, 0.6) is 0 Å². The summed E-state index contributed by atoms with van der Waals surface area (Å²) >= 11 is 0. The molecule has 14 heavy (non-hydrogen) atoms. The number of hydrogen-bond acceptors (Lipinski definition) is 0. The number of aryl methyl sites for hydroxylation is 2. The predicted molar refractivity (Wildman–Crippen MR) is 62.7 cm³/mol. The van der Waals surface area contributed by atoms with Gasteiger partial charge in [-0.05, 0) is 55.5 Å². The Morgan fingerprint density at radius 3 is 2.36 bits per heavy atom. The molecular weight excluding hydrogens is 184 g/mol. The smallest absolute Gasteiger partial charge is 0.0392 e. The Balaban J connectivity index is 2.73. The Labute approximate surface area is 89.5 Å². The summed E-state index contributed by atoms with van der Waals surface area (Å²) in [5.41, 5.74) is 8.96. The van der Waals surface area contributed by atoms with Crippen molar-refractivity contribution in [2.75, 3.05) is 0 Å². The first kappa shape index (κ1) is 9.72. The monoisotopic (exact) mass is 199 g/mol. The number of rotatable bonds is 0. The third-order valence-electron chi connectivity index (χ3n) is 3.22. The first-order valence-electron chi connectivity index (χ1n) is 5.02. The molecule has 0 nitrogen and oxygen atoms in total. The van der Waals surface area contributed by atoms with E-state index < -0.39 is 0 Å². The van der Waals surface area contributed by atoms with Crippen LogP contribution in [0.25, 0.3) is 5.57 Å². The molecule has 1 atom stereocenters. The highest BCUT2D eigenvalue weighted by Gasteiger charge is 2.24. The lowest BCUT2D eigenvalue weighted by atomic mass is 9.98. The van der Waals surface area contributed by atoms with Gasteiger partial charge in [0, 0.05) is 10.2 Å². The Kier molecular flexibility index (Phi) is 2.15. The molecule has 1 heteroatoms. The molecule has 1 aliphatic carbocycles. The van der Waals surface area contributed by atoms with Gasteiger partial charge >= 0.3 is 0 Å². The third kappa shape index (κ3) is 1.19. The van der Waals surface area contributed by atoms with Crippen LogP contribution in [0.1, 0.15) is 41.6 Å². The van der Waals surface area contributed by atoms with Crippen LogP contribution in [-0.4, -0.2) is 10.2 Å². The van der Waals surface area contributed by atoms with Gasteiger partial charge in [0.2, 0.25) is 0 Å². The highest BCUT2D eigenvalue weighted by Crippen LogP contribution is 2.41. The van der Waals surface area contributed by atoms with Crippen molar-refractivity contribution in [3.8, 4) is 0 Å². The molecule has 0 amide bonds. The molecule has 0 fully saturated rings. The van der Waals surface area contributed by atoms with Crippen LogP contribution >= 0.6 is 0 Å². The van der Waals surface area contributed by atoms with Crippen LogP contribution in [0.2, 0.25) is 0 Å². The average molecular weight is 199 g/mol. The Morgan fingerprint density at radius 1 is 1.07 bits per heavy atom. The van der Waals surface area contributed by atoms with E-state index in [0.29, 0.717) is 5.54 Å². The topological polar surface area (TPSA) is 0 Å². The van der Waals surface area contributed by atoms with E-state index in [2.05, 4.69) is 50.1 Å². The maximum atomic E-state index is 3.81. The fourth-order valence-corrected chi connectivity index (χ4v) is 2.83. The van der Waals surface area contributed by atoms with Crippen molar-refractivity contribution in [3.05, 3.63) is 40.0 Å². The Bertz CT molecular complexity index is 427. The minimum atomic E-state index is 0.420. The normalized spacial score (nSPS) is 20.2. The van der Waals surface area contributed by atoms with Gasteiger partial charge in [0.15, 0.2) is 0 Å². The first-order chi connectivity index (χ1) is 6.52. The zero-order valence-corrected chi connectivity index (χ0v) is 10.2. The second kappa shape index (κ2) is 3.09. The molecule has 1 aromatic carbocycles. The molecule has 0 bridgehead atoms. The minimum Gasteiger partial charge on any atom is -0.0658 e. The first-order valence-corrected chi connectivity index (χ1v) is 5.60. The van der Waals surface area contributed by atoms with E-state index in [1.165, 1.54) is 33.4 Å². The summed E-state index contributed by atoms with van der Waals surface area (Å²) in [5, 5.41) is 0. The molecular formula is C13H15Si. The van der Waals surface area contributed by atoms with Gasteiger partial charge in [-0.2, -0.15) is 0 Å². The fourth-order valence-electron chi connectivity index (χ4n) is 2.39. The molecule has 2 rings (SSSR count). The lowest BCUT2D eigenvalue weighted by Crippen LogP contribution is -1.97. The summed E-state index contributed by atoms with van der Waals surface area (Å²) < 4.78 is 0. The Hall–Kier alpha value is -0.823. The van der Waals surface area contributed by atoms with Crippen molar-refractivity contribution in [2.24, 2.45) is 0 Å². The van der Waals surface area contributed by atoms with Gasteiger partial charge in [0.05, 0.1) is 0 Å². The SMILES string of the molecule is CC1=C(C)C([Si])c2cc(C)cc(C)c21. The zero-order chi connectivity index (χ0) is 10.5. The second-order valence-corrected chi connectivity index (χ2v) is 4.86. The van der Waals surface area contributed by atoms with Crippen LogP contribution < -0.4 is 0 Å². The van der Waals surface area contributed by atoms with E-state index in [1.54, 1.807) is 0 Å². The molecule has 1 aliphatic rings. The van der Waals surface area contributed by atoms with Crippen molar-refractivity contribution in [1.82, 2.24) is 0 Å². The lowest BCUT2D eigenvalue weighted by molar-refractivity contribution is 1.12. The van der Waals surface area contributed by atoms with E-state index in [-0.39, 0.29) is 0 Å². The summed E-state index contributed by atoms with van der Waals surface area (Å²) in [6.07, 6.45) is 0. The molecule has 1 unspecified atom stereocenters. The largest absolute Gasteiger partial charge is 0.0658 e. The van der Waals surface area contributed by atoms with E-state index in [4.69, 9.17) is 0 Å². The third-order valence-corrected chi connectivity index (χ3v) is 3.96. The van der Waals surface area contributed by atoms with Crippen LogP contribution in [0, 0.1) is 13.8 Å². The van der Waals surface area contributed by atoms with Gasteiger partial charge < -0.3 is 0 Å². The second-order valence-electron chi connectivity index (χ2n) is 4.29. The molecule has 0 saturated carbocycles. The lowest BCUT2D eigenvalue weighted by Gasteiger charge is -2.10. The highest BCUT2D eigenvalue weighted by atomic mass is 28.1. The standard InChI is InChI=1S/C13H15Si/c1-7-5-8(2)12-9(3)10(4)13(14)11(12)6-7/h5-6,13H,1-4H3. The molecule has 0 spiro atoms. The van der Waals surface area contributed by atoms with E-state index in [1.807, 2.05) is 0 Å². The van der Waals surface area contributed by atoms with Crippen LogP contribution in [0.4, 0.5) is 0 Å². The molecule has 0 aromatic heterocycles. The van der Waals surface area contributed by atoms with Crippen LogP contribution in [0.3, 0.4) is 0 Å². The number of allylic oxidation sites excluding steroid dienone is 2. The Morgan fingerprint density at radius 2 is 1.71 bits per heavy atom. The van der Waals surface area contributed by atoms with Gasteiger partial charge in [0.25, 0.3) is 0 Å². The van der Waals surface area contributed by atoms with Crippen LogP contribution in [0.15, 0.2) is 17.7 Å². The number of fused-ring (bicyclic) bond motifs is 1. The minimum absolute atomic E-state index is 0.420. The maximum absolute atomic E-state index is 3.81. The van der Waals surface area contributed by atoms with Crippen molar-refractivity contribution >= 4 is 15.8 Å². The van der Waals surface area contributed by atoms with Crippen molar-refractivity contribution < 1.29 is 0 Å². The fraction of sp³-hybridized carbons (Fsp3) is 0.385. The highest BCUT2D eigenvalue weighted by molar-refractivity contribution is 6.17. The van der Waals surface area contributed by atoms with Crippen molar-refractivity contribution in [2.45, 2.75) is 33.2 Å². The molecule has 3 radical (unpaired) electrons. The van der Waals surface area contributed by atoms with E-state index >= 15 is 0 Å². The average Bonchev–Trinajstić information content (AvgIpc) is 2.31. The van der Waals surface area contributed by atoms with E-state index in [0.717, 1.165) is 0 Å². The van der Waals surface area contributed by atoms with Gasteiger partial charge in [-0.25, -0.2) is 0 Å². The van der Waals surface area contributed by atoms with Gasteiger partial charge in [-0.15, -0.1) is 0 Å². The molecule has 71 valence electrons. The summed E-state index contributed by atoms with van der Waals surface area (Å²) in [6.45, 7) is 8.79. The molecule has 0 N–H and O–H groups in total. The van der Waals surface area contributed by atoms with Gasteiger partial charge in [0.1, 0.15) is 0 Å². The maximum Gasteiger partial charge on any atom is 0.0392 e. The van der Waals surface area contributed by atoms with Gasteiger partial charge in [-0.1, -0.05) is 23.3 Å². The number of benzene rings is 1. The summed E-state index contributed by atoms with van der Waals surface area (Å²) in [6, 6.07) is 4.56. The quantitative estimate of drug-likeness (QED) is 0.562. The van der Waals surface area contributed by atoms with E-state index in [9.17, 15) is 0 Å². The summed E-state index contributed by atoms with van der Waals surface area (Å²) in [7, 11) is 3.81. The van der Waals surface area contributed by atoms with Crippen LogP contribution in [-0.2, 0) is 0 Å². The van der Waals surface area contributed by atoms with Gasteiger partial charge in [-0.3, -0.25) is 0 Å². The zero-order valence-electron chi connectivity index (χ0n) is 9.23. The molecule has 0 aliphatic heterocycles. The molecule has 1 aromatic rings. The van der Waals surface area contributed by atoms with Crippen molar-refractivity contribution in [1.29, 1.82) is 0 Å². The molecule has 0 heterocycles. The summed E-state index contributed by atoms with van der Waals surface area (Å²) in [4.78, 5) is 0. The summed E-state index contributed by atoms with van der Waals surface area (Å²) in [5.74, 6) is 0. The predicted octanol–water partition coefficient (Wildman–Crippen LogP) is 3.32.